The highest BCUT2D eigenvalue weighted by atomic mass is 19.4. The first-order chi connectivity index (χ1) is 11.8. The predicted octanol–water partition coefficient (Wildman–Crippen LogP) is 3.54. The van der Waals surface area contributed by atoms with E-state index in [4.69, 9.17) is 9.47 Å². The van der Waals surface area contributed by atoms with Gasteiger partial charge < -0.3 is 14.8 Å². The van der Waals surface area contributed by atoms with Crippen molar-refractivity contribution in [1.29, 1.82) is 0 Å². The van der Waals surface area contributed by atoms with Gasteiger partial charge in [0.25, 0.3) is 5.91 Å². The van der Waals surface area contributed by atoms with Crippen LogP contribution in [0, 0.1) is 0 Å². The summed E-state index contributed by atoms with van der Waals surface area (Å²) >= 11 is 0. The molecule has 2 aromatic carbocycles. The highest BCUT2D eigenvalue weighted by Crippen LogP contribution is 2.34. The van der Waals surface area contributed by atoms with Crippen LogP contribution in [0.25, 0.3) is 0 Å². The van der Waals surface area contributed by atoms with Gasteiger partial charge in [0.15, 0.2) is 18.1 Å². The van der Waals surface area contributed by atoms with Gasteiger partial charge in [-0.05, 0) is 30.3 Å². The quantitative estimate of drug-likeness (QED) is 0.807. The molecule has 5 nitrogen and oxygen atoms in total. The van der Waals surface area contributed by atoms with E-state index in [-0.39, 0.29) is 17.2 Å². The number of benzene rings is 2. The summed E-state index contributed by atoms with van der Waals surface area (Å²) in [4.78, 5) is 22.7. The summed E-state index contributed by atoms with van der Waals surface area (Å²) in [6, 6.07) is 8.96. The number of amides is 1. The molecule has 0 fully saturated rings. The highest BCUT2D eigenvalue weighted by molar-refractivity contribution is 5.92. The second-order valence-corrected chi connectivity index (χ2v) is 4.91. The van der Waals surface area contributed by atoms with E-state index in [2.05, 4.69) is 5.32 Å². The summed E-state index contributed by atoms with van der Waals surface area (Å²) in [5.41, 5.74) is -1.01. The number of aldehydes is 1. The number of carbonyl (C=O) groups excluding carboxylic acids is 2. The van der Waals surface area contributed by atoms with Crippen LogP contribution < -0.4 is 14.8 Å². The van der Waals surface area contributed by atoms with Gasteiger partial charge in [0, 0.05) is 5.56 Å². The third kappa shape index (κ3) is 4.72. The van der Waals surface area contributed by atoms with Crippen molar-refractivity contribution >= 4 is 17.9 Å². The molecule has 0 radical (unpaired) electrons. The number of hydrogen-bond acceptors (Lipinski definition) is 4. The van der Waals surface area contributed by atoms with Crippen LogP contribution in [0.1, 0.15) is 15.9 Å². The lowest BCUT2D eigenvalue weighted by Gasteiger charge is -2.14. The zero-order valence-electron chi connectivity index (χ0n) is 13.1. The fourth-order valence-corrected chi connectivity index (χ4v) is 2.05. The molecule has 0 unspecified atom stereocenters. The topological polar surface area (TPSA) is 64.6 Å². The minimum Gasteiger partial charge on any atom is -0.493 e. The number of para-hydroxylation sites is 1. The van der Waals surface area contributed by atoms with Crippen molar-refractivity contribution in [1.82, 2.24) is 0 Å². The first-order valence-corrected chi connectivity index (χ1v) is 7.07. The van der Waals surface area contributed by atoms with Gasteiger partial charge in [-0.15, -0.1) is 0 Å². The third-order valence-electron chi connectivity index (χ3n) is 3.19. The van der Waals surface area contributed by atoms with Crippen molar-refractivity contribution in [3.8, 4) is 11.5 Å². The molecule has 2 rings (SSSR count). The van der Waals surface area contributed by atoms with Crippen molar-refractivity contribution in [3.63, 3.8) is 0 Å². The van der Waals surface area contributed by atoms with E-state index in [0.717, 1.165) is 12.1 Å². The van der Waals surface area contributed by atoms with Crippen LogP contribution in [0.3, 0.4) is 0 Å². The maximum Gasteiger partial charge on any atom is 0.418 e. The van der Waals surface area contributed by atoms with Crippen LogP contribution in [-0.4, -0.2) is 25.9 Å². The minimum absolute atomic E-state index is 0.131. The van der Waals surface area contributed by atoms with E-state index in [9.17, 15) is 22.8 Å². The molecule has 0 spiro atoms. The molecule has 0 bridgehead atoms. The number of halogens is 3. The predicted molar refractivity (Wildman–Crippen MR) is 84.0 cm³/mol. The number of anilines is 1. The molecule has 0 aromatic heterocycles. The number of alkyl halides is 3. The summed E-state index contributed by atoms with van der Waals surface area (Å²) in [5.74, 6) is -0.365. The standard InChI is InChI=1S/C17H14F3NO4/c1-24-14-7-6-11(9-22)8-15(14)25-10-16(23)21-13-5-3-2-4-12(13)17(18,19)20/h2-9H,10H2,1H3,(H,21,23). The molecular formula is C17H14F3NO4. The highest BCUT2D eigenvalue weighted by Gasteiger charge is 2.33. The second-order valence-electron chi connectivity index (χ2n) is 4.91. The van der Waals surface area contributed by atoms with E-state index in [1.54, 1.807) is 0 Å². The molecule has 0 aliphatic heterocycles. The van der Waals surface area contributed by atoms with E-state index in [1.165, 1.54) is 37.4 Å². The molecular weight excluding hydrogens is 339 g/mol. The van der Waals surface area contributed by atoms with Crippen LogP contribution >= 0.6 is 0 Å². The Labute approximate surface area is 141 Å². The van der Waals surface area contributed by atoms with Gasteiger partial charge in [-0.1, -0.05) is 12.1 Å². The number of rotatable bonds is 6. The maximum atomic E-state index is 12.9. The van der Waals surface area contributed by atoms with Gasteiger partial charge in [-0.3, -0.25) is 9.59 Å². The lowest BCUT2D eigenvalue weighted by molar-refractivity contribution is -0.137. The Balaban J connectivity index is 2.09. The van der Waals surface area contributed by atoms with Gasteiger partial charge in [0.05, 0.1) is 18.4 Å². The van der Waals surface area contributed by atoms with Crippen LogP contribution in [0.2, 0.25) is 0 Å². The summed E-state index contributed by atoms with van der Waals surface area (Å²) < 4.78 is 49.0. The molecule has 132 valence electrons. The molecule has 2 aromatic rings. The molecule has 0 aliphatic rings. The number of nitrogens with one attached hydrogen (secondary N) is 1. The van der Waals surface area contributed by atoms with Gasteiger partial charge in [-0.25, -0.2) is 0 Å². The zero-order valence-corrected chi connectivity index (χ0v) is 13.1. The fraction of sp³-hybridized carbons (Fsp3) is 0.176. The molecule has 0 saturated carbocycles. The second kappa shape index (κ2) is 7.69. The Bertz CT molecular complexity index is 775. The molecule has 8 heteroatoms. The average molecular weight is 353 g/mol. The van der Waals surface area contributed by atoms with Crippen molar-refractivity contribution in [3.05, 3.63) is 53.6 Å². The Kier molecular flexibility index (Phi) is 5.63. The summed E-state index contributed by atoms with van der Waals surface area (Å²) in [6.45, 7) is -0.551. The molecule has 1 amide bonds. The number of ether oxygens (including phenoxy) is 2. The third-order valence-corrected chi connectivity index (χ3v) is 3.19. The number of methoxy groups -OCH3 is 1. The first-order valence-electron chi connectivity index (χ1n) is 7.07. The Hall–Kier alpha value is -3.03. The number of hydrogen-bond donors (Lipinski definition) is 1. The van der Waals surface area contributed by atoms with Crippen LogP contribution in [0.15, 0.2) is 42.5 Å². The van der Waals surface area contributed by atoms with Crippen molar-refractivity contribution in [2.24, 2.45) is 0 Å². The molecule has 1 N–H and O–H groups in total. The molecule has 25 heavy (non-hydrogen) atoms. The van der Waals surface area contributed by atoms with Crippen LogP contribution in [0.4, 0.5) is 18.9 Å². The van der Waals surface area contributed by atoms with Crippen LogP contribution in [-0.2, 0) is 11.0 Å². The van der Waals surface area contributed by atoms with Crippen molar-refractivity contribution in [2.75, 3.05) is 19.0 Å². The van der Waals surface area contributed by atoms with E-state index in [1.807, 2.05) is 0 Å². The first kappa shape index (κ1) is 18.3. The Morgan fingerprint density at radius 1 is 1.16 bits per heavy atom. The van der Waals surface area contributed by atoms with E-state index < -0.39 is 24.3 Å². The largest absolute Gasteiger partial charge is 0.493 e. The van der Waals surface area contributed by atoms with E-state index >= 15 is 0 Å². The monoisotopic (exact) mass is 353 g/mol. The van der Waals surface area contributed by atoms with Gasteiger partial charge in [0.2, 0.25) is 0 Å². The average Bonchev–Trinajstić information content (AvgIpc) is 2.59. The maximum absolute atomic E-state index is 12.9. The van der Waals surface area contributed by atoms with E-state index in [0.29, 0.717) is 11.8 Å². The zero-order chi connectivity index (χ0) is 18.4. The summed E-state index contributed by atoms with van der Waals surface area (Å²) in [5, 5.41) is 2.16. The van der Waals surface area contributed by atoms with Gasteiger partial charge in [-0.2, -0.15) is 13.2 Å². The molecule has 0 saturated heterocycles. The molecule has 0 aliphatic carbocycles. The smallest absolute Gasteiger partial charge is 0.418 e. The van der Waals surface area contributed by atoms with Gasteiger partial charge in [0.1, 0.15) is 6.29 Å². The molecule has 0 heterocycles. The lowest BCUT2D eigenvalue weighted by Crippen LogP contribution is -2.22. The summed E-state index contributed by atoms with van der Waals surface area (Å²) in [7, 11) is 1.38. The fourth-order valence-electron chi connectivity index (χ4n) is 2.05. The molecule has 0 atom stereocenters. The van der Waals surface area contributed by atoms with Crippen molar-refractivity contribution in [2.45, 2.75) is 6.18 Å². The lowest BCUT2D eigenvalue weighted by atomic mass is 10.1. The SMILES string of the molecule is COc1ccc(C=O)cc1OCC(=O)Nc1ccccc1C(F)(F)F. The summed E-state index contributed by atoms with van der Waals surface area (Å²) in [6.07, 6.45) is -4.00. The Morgan fingerprint density at radius 3 is 2.52 bits per heavy atom. The van der Waals surface area contributed by atoms with Crippen molar-refractivity contribution < 1.29 is 32.2 Å². The van der Waals surface area contributed by atoms with Crippen LogP contribution in [0.5, 0.6) is 11.5 Å². The Morgan fingerprint density at radius 2 is 1.88 bits per heavy atom. The normalized spacial score (nSPS) is 10.9. The van der Waals surface area contributed by atoms with Gasteiger partial charge >= 0.3 is 6.18 Å². The minimum atomic E-state index is -4.59. The number of carbonyl (C=O) groups is 2.